The van der Waals surface area contributed by atoms with Crippen molar-refractivity contribution in [2.75, 3.05) is 23.9 Å². The third-order valence-corrected chi connectivity index (χ3v) is 9.15. The molecule has 42 heavy (non-hydrogen) atoms. The fraction of sp³-hybridized carbons (Fsp3) is 0.167. The number of carbonyl (C=O) groups excluding carboxylic acids is 2. The molecule has 0 aromatic heterocycles. The van der Waals surface area contributed by atoms with Gasteiger partial charge in [-0.25, -0.2) is 0 Å². The average molecular weight is 595 g/mol. The fourth-order valence-corrected chi connectivity index (χ4v) is 6.90. The van der Waals surface area contributed by atoms with Gasteiger partial charge in [-0.1, -0.05) is 109 Å². The van der Waals surface area contributed by atoms with Crippen LogP contribution in [0.1, 0.15) is 31.1 Å². The lowest BCUT2D eigenvalue weighted by atomic mass is 10.1. The Labute approximate surface area is 256 Å². The molecule has 0 fully saturated rings. The van der Waals surface area contributed by atoms with Gasteiger partial charge in [-0.15, -0.1) is 0 Å². The number of thioether (sulfide) groups is 1. The Morgan fingerprint density at radius 2 is 1.21 bits per heavy atom. The van der Waals surface area contributed by atoms with Crippen LogP contribution in [0.5, 0.6) is 0 Å². The SMILES string of the molecule is CC(=O)/C=C(/C)Nc1ccccc1P(c1ccccc1)c1ccccc1.CSCCN/C(C)=C\C(=O)c1ccccc1. The number of para-hydroxylation sites is 1. The van der Waals surface area contributed by atoms with E-state index in [1.165, 1.54) is 15.9 Å². The minimum absolute atomic E-state index is 0.0425. The van der Waals surface area contributed by atoms with Crippen molar-refractivity contribution in [3.8, 4) is 0 Å². The molecule has 0 aliphatic carbocycles. The maximum Gasteiger partial charge on any atom is 0.187 e. The Morgan fingerprint density at radius 1 is 0.690 bits per heavy atom. The van der Waals surface area contributed by atoms with Gasteiger partial charge in [0.05, 0.1) is 0 Å². The summed E-state index contributed by atoms with van der Waals surface area (Å²) in [6.07, 6.45) is 5.34. The topological polar surface area (TPSA) is 58.2 Å². The molecular weight excluding hydrogens is 555 g/mol. The first-order valence-electron chi connectivity index (χ1n) is 13.8. The second kappa shape index (κ2) is 17.8. The largest absolute Gasteiger partial charge is 0.388 e. The summed E-state index contributed by atoms with van der Waals surface area (Å²) in [7, 11) is -0.692. The molecule has 0 unspecified atom stereocenters. The van der Waals surface area contributed by atoms with Gasteiger partial charge in [-0.3, -0.25) is 9.59 Å². The number of rotatable bonds is 12. The molecule has 216 valence electrons. The second-order valence-electron chi connectivity index (χ2n) is 9.56. The lowest BCUT2D eigenvalue weighted by Gasteiger charge is -2.23. The molecule has 0 atom stereocenters. The van der Waals surface area contributed by atoms with Crippen molar-refractivity contribution in [3.05, 3.63) is 144 Å². The number of hydrogen-bond donors (Lipinski definition) is 2. The Balaban J connectivity index is 0.000000260. The van der Waals surface area contributed by atoms with E-state index in [4.69, 9.17) is 0 Å². The zero-order valence-corrected chi connectivity index (χ0v) is 26.4. The molecule has 2 N–H and O–H groups in total. The first kappa shape index (κ1) is 32.6. The Kier molecular flexibility index (Phi) is 13.8. The van der Waals surface area contributed by atoms with Crippen LogP contribution in [0, 0.1) is 0 Å². The molecule has 0 radical (unpaired) electrons. The number of anilines is 1. The summed E-state index contributed by atoms with van der Waals surface area (Å²) >= 11 is 1.78. The van der Waals surface area contributed by atoms with E-state index in [0.29, 0.717) is 0 Å². The molecule has 4 aromatic rings. The highest BCUT2D eigenvalue weighted by Gasteiger charge is 2.19. The zero-order valence-electron chi connectivity index (χ0n) is 24.7. The van der Waals surface area contributed by atoms with E-state index < -0.39 is 7.92 Å². The maximum absolute atomic E-state index is 11.8. The highest BCUT2D eigenvalue weighted by molar-refractivity contribution is 7.98. The first-order chi connectivity index (χ1) is 20.4. The van der Waals surface area contributed by atoms with Gasteiger partial charge in [0.2, 0.25) is 0 Å². The molecular formula is C36H39N2O2PS. The van der Waals surface area contributed by atoms with Crippen LogP contribution in [0.3, 0.4) is 0 Å². The number of ketones is 2. The van der Waals surface area contributed by atoms with Crippen LogP contribution < -0.4 is 26.5 Å². The number of nitrogens with one attached hydrogen (secondary N) is 2. The Hall–Kier alpha value is -3.92. The third kappa shape index (κ3) is 10.8. The lowest BCUT2D eigenvalue weighted by molar-refractivity contribution is -0.112. The minimum Gasteiger partial charge on any atom is -0.388 e. The summed E-state index contributed by atoms with van der Waals surface area (Å²) in [6.45, 7) is 6.30. The minimum atomic E-state index is -0.692. The average Bonchev–Trinajstić information content (AvgIpc) is 3.00. The molecule has 6 heteroatoms. The molecule has 4 nitrogen and oxygen atoms in total. The third-order valence-electron chi connectivity index (χ3n) is 6.04. The highest BCUT2D eigenvalue weighted by atomic mass is 32.2. The summed E-state index contributed by atoms with van der Waals surface area (Å²) < 4.78 is 0. The molecule has 0 saturated carbocycles. The van der Waals surface area contributed by atoms with Crippen LogP contribution in [-0.4, -0.2) is 30.1 Å². The fourth-order valence-electron chi connectivity index (χ4n) is 4.19. The van der Waals surface area contributed by atoms with E-state index in [1.54, 1.807) is 30.8 Å². The van der Waals surface area contributed by atoms with Crippen molar-refractivity contribution in [2.24, 2.45) is 0 Å². The quantitative estimate of drug-likeness (QED) is 0.0795. The molecule has 0 aliphatic rings. The van der Waals surface area contributed by atoms with E-state index in [-0.39, 0.29) is 11.6 Å². The normalized spacial score (nSPS) is 11.4. The number of benzene rings is 4. The predicted molar refractivity (Wildman–Crippen MR) is 184 cm³/mol. The Bertz CT molecular complexity index is 1430. The predicted octanol–water partition coefficient (Wildman–Crippen LogP) is 7.08. The molecule has 0 bridgehead atoms. The molecule has 0 amide bonds. The van der Waals surface area contributed by atoms with Crippen LogP contribution in [-0.2, 0) is 4.79 Å². The van der Waals surface area contributed by atoms with Crippen molar-refractivity contribution in [1.82, 2.24) is 5.32 Å². The monoisotopic (exact) mass is 594 g/mol. The number of hydrogen-bond acceptors (Lipinski definition) is 5. The van der Waals surface area contributed by atoms with Crippen LogP contribution in [0.2, 0.25) is 0 Å². The summed E-state index contributed by atoms with van der Waals surface area (Å²) in [5.74, 6) is 1.14. The van der Waals surface area contributed by atoms with Gasteiger partial charge in [0.1, 0.15) is 0 Å². The summed E-state index contributed by atoms with van der Waals surface area (Å²) in [5, 5.41) is 10.5. The molecule has 4 rings (SSSR count). The van der Waals surface area contributed by atoms with Gasteiger partial charge < -0.3 is 10.6 Å². The summed E-state index contributed by atoms with van der Waals surface area (Å²) in [4.78, 5) is 23.2. The van der Waals surface area contributed by atoms with Crippen molar-refractivity contribution >= 4 is 52.9 Å². The van der Waals surface area contributed by atoms with Gasteiger partial charge in [-0.05, 0) is 57.7 Å². The summed E-state index contributed by atoms with van der Waals surface area (Å²) in [6, 6.07) is 38.9. The van der Waals surface area contributed by atoms with Gasteiger partial charge >= 0.3 is 0 Å². The van der Waals surface area contributed by atoms with Gasteiger partial charge in [0.15, 0.2) is 11.6 Å². The van der Waals surface area contributed by atoms with E-state index in [9.17, 15) is 9.59 Å². The maximum atomic E-state index is 11.8. The highest BCUT2D eigenvalue weighted by Crippen LogP contribution is 2.35. The van der Waals surface area contributed by atoms with Gasteiger partial charge in [-0.2, -0.15) is 11.8 Å². The molecule has 0 aliphatic heterocycles. The number of carbonyl (C=O) groups is 2. The van der Waals surface area contributed by atoms with E-state index in [1.807, 2.05) is 62.4 Å². The van der Waals surface area contributed by atoms with E-state index >= 15 is 0 Å². The van der Waals surface area contributed by atoms with Gasteiger partial charge in [0.25, 0.3) is 0 Å². The smallest absolute Gasteiger partial charge is 0.187 e. The standard InChI is InChI=1S/C23H22NOP.C13H17NOS/c1-18(17-19(2)25)24-22-15-9-10-16-23(22)26(20-11-5-3-6-12-20)21-13-7-4-8-14-21;1-11(14-8-9-16-2)10-13(15)12-6-4-3-5-7-12/h3-17,24H,1-2H3;3-7,10,14H,8-9H2,1-2H3/b18-17-;11-10-. The number of allylic oxidation sites excluding steroid dienone is 4. The zero-order chi connectivity index (χ0) is 30.2. The lowest BCUT2D eigenvalue weighted by Crippen LogP contribution is -2.23. The van der Waals surface area contributed by atoms with Crippen molar-refractivity contribution in [3.63, 3.8) is 0 Å². The van der Waals surface area contributed by atoms with Crippen LogP contribution >= 0.6 is 19.7 Å². The van der Waals surface area contributed by atoms with Crippen LogP contribution in [0.25, 0.3) is 0 Å². The first-order valence-corrected chi connectivity index (χ1v) is 16.6. The Morgan fingerprint density at radius 3 is 1.76 bits per heavy atom. The van der Waals surface area contributed by atoms with Crippen molar-refractivity contribution in [1.29, 1.82) is 0 Å². The van der Waals surface area contributed by atoms with Gasteiger partial charge in [0, 0.05) is 46.3 Å². The van der Waals surface area contributed by atoms with Crippen molar-refractivity contribution in [2.45, 2.75) is 20.8 Å². The molecule has 4 aromatic carbocycles. The molecule has 0 heterocycles. The van der Waals surface area contributed by atoms with E-state index in [2.05, 4.69) is 83.6 Å². The molecule has 0 spiro atoms. The summed E-state index contributed by atoms with van der Waals surface area (Å²) in [5.41, 5.74) is 3.54. The van der Waals surface area contributed by atoms with Crippen LogP contribution in [0.15, 0.2) is 139 Å². The van der Waals surface area contributed by atoms with Crippen LogP contribution in [0.4, 0.5) is 5.69 Å². The second-order valence-corrected chi connectivity index (χ2v) is 12.7. The molecule has 0 saturated heterocycles. The van der Waals surface area contributed by atoms with Crippen molar-refractivity contribution < 1.29 is 9.59 Å². The van der Waals surface area contributed by atoms with E-state index in [0.717, 1.165) is 34.9 Å².